The molecule has 0 aromatic carbocycles. The zero-order valence-corrected chi connectivity index (χ0v) is 9.31. The Balaban J connectivity index is 2.24. The van der Waals surface area contributed by atoms with E-state index in [9.17, 15) is 0 Å². The van der Waals surface area contributed by atoms with Crippen LogP contribution < -0.4 is 5.73 Å². The van der Waals surface area contributed by atoms with E-state index in [0.717, 1.165) is 18.7 Å². The number of rotatable bonds is 2. The molecule has 1 heterocycles. The first kappa shape index (κ1) is 9.71. The number of thiophene rings is 1. The van der Waals surface area contributed by atoms with Crippen LogP contribution >= 0.6 is 11.3 Å². The van der Waals surface area contributed by atoms with Gasteiger partial charge in [-0.2, -0.15) is 0 Å². The van der Waals surface area contributed by atoms with Crippen molar-refractivity contribution >= 4 is 17.2 Å². The van der Waals surface area contributed by atoms with Crippen LogP contribution in [0.4, 0.5) is 0 Å². The molecule has 1 unspecified atom stereocenters. The molecule has 0 saturated heterocycles. The lowest BCUT2D eigenvalue weighted by Gasteiger charge is -2.19. The lowest BCUT2D eigenvalue weighted by atomic mass is 9.94. The Bertz CT molecular complexity index is 341. The molecule has 0 amide bonds. The summed E-state index contributed by atoms with van der Waals surface area (Å²) in [6, 6.07) is 2.54. The van der Waals surface area contributed by atoms with Crippen molar-refractivity contribution < 1.29 is 0 Å². The Morgan fingerprint density at radius 3 is 3.36 bits per heavy atom. The summed E-state index contributed by atoms with van der Waals surface area (Å²) in [5, 5.41) is 2.17. The maximum atomic E-state index is 5.78. The molecule has 1 aliphatic rings. The van der Waals surface area contributed by atoms with Crippen LogP contribution in [0.5, 0.6) is 0 Å². The minimum Gasteiger partial charge on any atom is -0.387 e. The third kappa shape index (κ3) is 1.82. The van der Waals surface area contributed by atoms with Gasteiger partial charge in [-0.1, -0.05) is 6.92 Å². The first-order valence-corrected chi connectivity index (χ1v) is 6.07. The average Bonchev–Trinajstić information content (AvgIpc) is 2.66. The molecule has 0 spiro atoms. The van der Waals surface area contributed by atoms with Gasteiger partial charge in [0.05, 0.1) is 11.9 Å². The van der Waals surface area contributed by atoms with Crippen molar-refractivity contribution in [3.8, 4) is 0 Å². The van der Waals surface area contributed by atoms with Gasteiger partial charge in [0.15, 0.2) is 0 Å². The largest absolute Gasteiger partial charge is 0.387 e. The summed E-state index contributed by atoms with van der Waals surface area (Å²) in [5.41, 5.74) is 7.20. The van der Waals surface area contributed by atoms with Crippen molar-refractivity contribution in [2.24, 2.45) is 10.7 Å². The predicted octanol–water partition coefficient (Wildman–Crippen LogP) is 2.89. The van der Waals surface area contributed by atoms with Gasteiger partial charge in [0.2, 0.25) is 0 Å². The fourth-order valence-corrected chi connectivity index (χ4v) is 2.87. The molecule has 1 aliphatic carbocycles. The lowest BCUT2D eigenvalue weighted by molar-refractivity contribution is 0.578. The maximum Gasteiger partial charge on any atom is 0.0941 e. The second-order valence-electron chi connectivity index (χ2n) is 3.68. The summed E-state index contributed by atoms with van der Waals surface area (Å²) in [4.78, 5) is 6.08. The Labute approximate surface area is 88.9 Å². The third-order valence-electron chi connectivity index (χ3n) is 2.70. The fraction of sp³-hybridized carbons (Fsp3) is 0.545. The van der Waals surface area contributed by atoms with Crippen LogP contribution in [0.25, 0.3) is 0 Å². The summed E-state index contributed by atoms with van der Waals surface area (Å²) >= 11 is 1.85. The van der Waals surface area contributed by atoms with Crippen LogP contribution in [-0.2, 0) is 6.42 Å². The molecule has 0 radical (unpaired) electrons. The predicted molar refractivity (Wildman–Crippen MR) is 61.9 cm³/mol. The van der Waals surface area contributed by atoms with Gasteiger partial charge in [-0.25, -0.2) is 0 Å². The molecule has 2 nitrogen and oxygen atoms in total. The Hall–Kier alpha value is -0.830. The Morgan fingerprint density at radius 2 is 2.57 bits per heavy atom. The van der Waals surface area contributed by atoms with Gasteiger partial charge in [-0.15, -0.1) is 11.3 Å². The summed E-state index contributed by atoms with van der Waals surface area (Å²) in [6.45, 7) is 2.05. The highest BCUT2D eigenvalue weighted by molar-refractivity contribution is 7.10. The normalized spacial score (nSPS) is 22.1. The van der Waals surface area contributed by atoms with Crippen LogP contribution in [0, 0.1) is 0 Å². The molecule has 1 atom stereocenters. The molecular weight excluding hydrogens is 192 g/mol. The molecule has 2 N–H and O–H groups in total. The highest BCUT2D eigenvalue weighted by Crippen LogP contribution is 2.35. The van der Waals surface area contributed by atoms with Gasteiger partial charge in [0.25, 0.3) is 0 Å². The lowest BCUT2D eigenvalue weighted by Crippen LogP contribution is -2.14. The highest BCUT2D eigenvalue weighted by atomic mass is 32.1. The van der Waals surface area contributed by atoms with E-state index >= 15 is 0 Å². The number of nitrogens with two attached hydrogens (primary N) is 1. The topological polar surface area (TPSA) is 38.4 Å². The number of amidine groups is 1. The summed E-state index contributed by atoms with van der Waals surface area (Å²) < 4.78 is 0. The van der Waals surface area contributed by atoms with E-state index in [1.54, 1.807) is 0 Å². The van der Waals surface area contributed by atoms with E-state index in [4.69, 9.17) is 5.73 Å². The van der Waals surface area contributed by atoms with Crippen LogP contribution in [0.3, 0.4) is 0 Å². The second-order valence-corrected chi connectivity index (χ2v) is 4.68. The molecule has 76 valence electrons. The van der Waals surface area contributed by atoms with Crippen LogP contribution in [0.2, 0.25) is 0 Å². The van der Waals surface area contributed by atoms with Crippen molar-refractivity contribution in [3.05, 3.63) is 21.9 Å². The number of nitrogens with zero attached hydrogens (tertiary/aromatic N) is 1. The number of hydrogen-bond donors (Lipinski definition) is 1. The van der Waals surface area contributed by atoms with E-state index < -0.39 is 0 Å². The molecule has 14 heavy (non-hydrogen) atoms. The van der Waals surface area contributed by atoms with E-state index in [1.807, 2.05) is 11.3 Å². The molecule has 3 heteroatoms. The van der Waals surface area contributed by atoms with Crippen LogP contribution in [0.1, 0.15) is 42.7 Å². The number of aryl methyl sites for hydroxylation is 1. The molecule has 2 rings (SSSR count). The van der Waals surface area contributed by atoms with E-state index in [-0.39, 0.29) is 0 Å². The standard InChI is InChI=1S/C11H16N2S/c1-2-11(12)13-9-4-3-5-10-8(9)6-7-14-10/h6-7,9H,2-5H2,1H3,(H2,12,13). The number of hydrogen-bond acceptors (Lipinski definition) is 2. The molecule has 0 aliphatic heterocycles. The van der Waals surface area contributed by atoms with Crippen LogP contribution in [0.15, 0.2) is 16.4 Å². The molecular formula is C11H16N2S. The quantitative estimate of drug-likeness (QED) is 0.589. The van der Waals surface area contributed by atoms with Gasteiger partial charge in [-0.05, 0) is 36.3 Å². The van der Waals surface area contributed by atoms with Crippen molar-refractivity contribution in [2.75, 3.05) is 0 Å². The smallest absolute Gasteiger partial charge is 0.0941 e. The third-order valence-corrected chi connectivity index (χ3v) is 3.70. The van der Waals surface area contributed by atoms with Gasteiger partial charge >= 0.3 is 0 Å². The monoisotopic (exact) mass is 208 g/mol. The average molecular weight is 208 g/mol. The van der Waals surface area contributed by atoms with Gasteiger partial charge in [0, 0.05) is 11.3 Å². The Kier molecular flexibility index (Phi) is 2.87. The first-order valence-electron chi connectivity index (χ1n) is 5.19. The first-order chi connectivity index (χ1) is 6.81. The number of fused-ring (bicyclic) bond motifs is 1. The summed E-state index contributed by atoms with van der Waals surface area (Å²) in [5.74, 6) is 0.786. The maximum absolute atomic E-state index is 5.78. The van der Waals surface area contributed by atoms with Crippen molar-refractivity contribution in [3.63, 3.8) is 0 Å². The highest BCUT2D eigenvalue weighted by Gasteiger charge is 2.20. The molecule has 0 fully saturated rings. The van der Waals surface area contributed by atoms with Gasteiger partial charge < -0.3 is 5.73 Å². The van der Waals surface area contributed by atoms with E-state index in [2.05, 4.69) is 23.4 Å². The van der Waals surface area contributed by atoms with Gasteiger partial charge in [0.1, 0.15) is 0 Å². The minimum atomic E-state index is 0.338. The molecule has 0 saturated carbocycles. The molecule has 1 aromatic rings. The minimum absolute atomic E-state index is 0.338. The fourth-order valence-electron chi connectivity index (χ4n) is 1.89. The summed E-state index contributed by atoms with van der Waals surface area (Å²) in [6.07, 6.45) is 4.49. The second kappa shape index (κ2) is 4.13. The zero-order valence-electron chi connectivity index (χ0n) is 8.49. The van der Waals surface area contributed by atoms with Crippen molar-refractivity contribution in [1.82, 2.24) is 0 Å². The van der Waals surface area contributed by atoms with Crippen molar-refractivity contribution in [2.45, 2.75) is 38.6 Å². The molecule has 0 bridgehead atoms. The van der Waals surface area contributed by atoms with E-state index in [1.165, 1.54) is 23.3 Å². The number of aliphatic imine (C=N–C) groups is 1. The summed E-state index contributed by atoms with van der Waals surface area (Å²) in [7, 11) is 0. The van der Waals surface area contributed by atoms with Gasteiger partial charge in [-0.3, -0.25) is 4.99 Å². The Morgan fingerprint density at radius 1 is 1.71 bits per heavy atom. The van der Waals surface area contributed by atoms with Crippen LogP contribution in [-0.4, -0.2) is 5.84 Å². The molecule has 1 aromatic heterocycles. The van der Waals surface area contributed by atoms with Crippen molar-refractivity contribution in [1.29, 1.82) is 0 Å². The SMILES string of the molecule is CCC(N)=NC1CCCc2sccc21. The zero-order chi connectivity index (χ0) is 9.97. The van der Waals surface area contributed by atoms with E-state index in [0.29, 0.717) is 6.04 Å².